The van der Waals surface area contributed by atoms with Crippen molar-refractivity contribution in [2.24, 2.45) is 0 Å². The highest BCUT2D eigenvalue weighted by Gasteiger charge is 2.11. The molecule has 0 fully saturated rings. The van der Waals surface area contributed by atoms with Crippen molar-refractivity contribution in [3.63, 3.8) is 0 Å². The maximum atomic E-state index is 12.0. The van der Waals surface area contributed by atoms with Crippen molar-refractivity contribution in [1.82, 2.24) is 0 Å². The molecule has 2 aromatic carbocycles. The monoisotopic (exact) mass is 279 g/mol. The molecule has 0 radical (unpaired) electrons. The van der Waals surface area contributed by atoms with Gasteiger partial charge in [0, 0.05) is 12.1 Å². The van der Waals surface area contributed by atoms with Crippen molar-refractivity contribution in [3.05, 3.63) is 65.2 Å². The molecule has 1 aliphatic carbocycles. The van der Waals surface area contributed by atoms with Crippen LogP contribution in [0.25, 0.3) is 0 Å². The van der Waals surface area contributed by atoms with Crippen LogP contribution in [0.3, 0.4) is 0 Å². The fourth-order valence-electron chi connectivity index (χ4n) is 2.97. The molecular weight excluding hydrogens is 258 g/mol. The number of hydrogen-bond donors (Lipinski definition) is 1. The van der Waals surface area contributed by atoms with E-state index in [1.165, 1.54) is 29.5 Å². The van der Waals surface area contributed by atoms with Gasteiger partial charge in [-0.15, -0.1) is 0 Å². The highest BCUT2D eigenvalue weighted by Crippen LogP contribution is 2.25. The predicted octanol–water partition coefficient (Wildman–Crippen LogP) is 4.14. The summed E-state index contributed by atoms with van der Waals surface area (Å²) in [6, 6.07) is 16.6. The number of amides is 1. The van der Waals surface area contributed by atoms with Crippen LogP contribution in [0.4, 0.5) is 5.69 Å². The third-order valence-corrected chi connectivity index (χ3v) is 4.09. The number of hydrogen-bond acceptors (Lipinski definition) is 1. The molecule has 108 valence electrons. The van der Waals surface area contributed by atoms with Crippen LogP contribution in [-0.2, 0) is 24.1 Å². The second-order valence-electron chi connectivity index (χ2n) is 5.72. The number of aryl methyl sites for hydroxylation is 3. The Bertz CT molecular complexity index is 619. The van der Waals surface area contributed by atoms with Gasteiger partial charge < -0.3 is 5.32 Å². The van der Waals surface area contributed by atoms with Gasteiger partial charge in [-0.1, -0.05) is 36.4 Å². The molecule has 0 aliphatic heterocycles. The minimum absolute atomic E-state index is 0.115. The maximum Gasteiger partial charge on any atom is 0.224 e. The van der Waals surface area contributed by atoms with Gasteiger partial charge in [-0.3, -0.25) is 4.79 Å². The van der Waals surface area contributed by atoms with Crippen molar-refractivity contribution in [2.75, 3.05) is 5.32 Å². The molecule has 21 heavy (non-hydrogen) atoms. The first kappa shape index (κ1) is 13.9. The van der Waals surface area contributed by atoms with Crippen molar-refractivity contribution >= 4 is 11.6 Å². The topological polar surface area (TPSA) is 29.1 Å². The summed E-state index contributed by atoms with van der Waals surface area (Å²) in [5, 5.41) is 3.02. The van der Waals surface area contributed by atoms with Crippen LogP contribution in [-0.4, -0.2) is 5.91 Å². The number of benzene rings is 2. The Labute approximate surface area is 126 Å². The lowest BCUT2D eigenvalue weighted by Gasteiger charge is -2.07. The minimum atomic E-state index is 0.115. The van der Waals surface area contributed by atoms with Gasteiger partial charge >= 0.3 is 0 Å². The Kier molecular flexibility index (Phi) is 4.34. The van der Waals surface area contributed by atoms with Gasteiger partial charge in [0.25, 0.3) is 0 Å². The average molecular weight is 279 g/mol. The number of rotatable bonds is 5. The number of carbonyl (C=O) groups is 1. The molecule has 1 N–H and O–H groups in total. The maximum absolute atomic E-state index is 12.0. The van der Waals surface area contributed by atoms with Gasteiger partial charge in [-0.05, 0) is 60.9 Å². The SMILES string of the molecule is O=C(CCCc1ccccc1)Nc1ccc2c(c1)CCC2. The molecule has 0 spiro atoms. The summed E-state index contributed by atoms with van der Waals surface area (Å²) in [5.41, 5.74) is 5.08. The molecule has 0 heterocycles. The zero-order valence-electron chi connectivity index (χ0n) is 12.3. The summed E-state index contributed by atoms with van der Waals surface area (Å²) in [4.78, 5) is 12.0. The molecular formula is C19H21NO. The highest BCUT2D eigenvalue weighted by molar-refractivity contribution is 5.90. The lowest BCUT2D eigenvalue weighted by Crippen LogP contribution is -2.11. The summed E-state index contributed by atoms with van der Waals surface area (Å²) in [7, 11) is 0. The zero-order chi connectivity index (χ0) is 14.5. The second-order valence-corrected chi connectivity index (χ2v) is 5.72. The van der Waals surface area contributed by atoms with Gasteiger partial charge in [-0.25, -0.2) is 0 Å². The molecule has 0 aromatic heterocycles. The summed E-state index contributed by atoms with van der Waals surface area (Å²) < 4.78 is 0. The van der Waals surface area contributed by atoms with E-state index in [-0.39, 0.29) is 5.91 Å². The smallest absolute Gasteiger partial charge is 0.224 e. The van der Waals surface area contributed by atoms with E-state index < -0.39 is 0 Å². The van der Waals surface area contributed by atoms with Gasteiger partial charge in [0.1, 0.15) is 0 Å². The Morgan fingerprint density at radius 3 is 2.67 bits per heavy atom. The molecule has 0 saturated carbocycles. The van der Waals surface area contributed by atoms with Gasteiger partial charge in [0.2, 0.25) is 5.91 Å². The summed E-state index contributed by atoms with van der Waals surface area (Å²) in [6.07, 6.45) is 5.99. The predicted molar refractivity (Wildman–Crippen MR) is 86.5 cm³/mol. The molecule has 0 saturated heterocycles. The average Bonchev–Trinajstić information content (AvgIpc) is 2.96. The van der Waals surface area contributed by atoms with Gasteiger partial charge in [-0.2, -0.15) is 0 Å². The Hall–Kier alpha value is -2.09. The fourth-order valence-corrected chi connectivity index (χ4v) is 2.97. The van der Waals surface area contributed by atoms with Crippen molar-refractivity contribution in [3.8, 4) is 0 Å². The number of fused-ring (bicyclic) bond motifs is 1. The third kappa shape index (κ3) is 3.72. The molecule has 2 aromatic rings. The standard InChI is InChI=1S/C19H21NO/c21-19(11-4-8-15-6-2-1-3-7-15)20-18-13-12-16-9-5-10-17(16)14-18/h1-3,6-7,12-14H,4-5,8-11H2,(H,20,21). The second kappa shape index (κ2) is 6.57. The Morgan fingerprint density at radius 1 is 1.00 bits per heavy atom. The molecule has 1 amide bonds. The quantitative estimate of drug-likeness (QED) is 0.875. The van der Waals surface area contributed by atoms with E-state index in [1.807, 2.05) is 24.3 Å². The lowest BCUT2D eigenvalue weighted by atomic mass is 10.1. The van der Waals surface area contributed by atoms with Crippen LogP contribution in [0.1, 0.15) is 36.0 Å². The Balaban J connectivity index is 1.48. The van der Waals surface area contributed by atoms with E-state index in [0.29, 0.717) is 6.42 Å². The summed E-state index contributed by atoms with van der Waals surface area (Å²) in [6.45, 7) is 0. The van der Waals surface area contributed by atoms with E-state index in [4.69, 9.17) is 0 Å². The van der Waals surface area contributed by atoms with E-state index in [0.717, 1.165) is 24.9 Å². The Morgan fingerprint density at radius 2 is 1.81 bits per heavy atom. The van der Waals surface area contributed by atoms with Crippen LogP contribution in [0.2, 0.25) is 0 Å². The van der Waals surface area contributed by atoms with E-state index in [1.54, 1.807) is 0 Å². The van der Waals surface area contributed by atoms with Crippen LogP contribution in [0.15, 0.2) is 48.5 Å². The molecule has 0 atom stereocenters. The van der Waals surface area contributed by atoms with Crippen LogP contribution >= 0.6 is 0 Å². The van der Waals surface area contributed by atoms with Gasteiger partial charge in [0.15, 0.2) is 0 Å². The number of anilines is 1. The molecule has 0 bridgehead atoms. The minimum Gasteiger partial charge on any atom is -0.326 e. The summed E-state index contributed by atoms with van der Waals surface area (Å²) >= 11 is 0. The largest absolute Gasteiger partial charge is 0.326 e. The third-order valence-electron chi connectivity index (χ3n) is 4.09. The number of nitrogens with one attached hydrogen (secondary N) is 1. The van der Waals surface area contributed by atoms with E-state index >= 15 is 0 Å². The molecule has 2 nitrogen and oxygen atoms in total. The zero-order valence-corrected chi connectivity index (χ0v) is 12.3. The van der Waals surface area contributed by atoms with Gasteiger partial charge in [0.05, 0.1) is 0 Å². The summed E-state index contributed by atoms with van der Waals surface area (Å²) in [5.74, 6) is 0.115. The van der Waals surface area contributed by atoms with Crippen molar-refractivity contribution in [1.29, 1.82) is 0 Å². The lowest BCUT2D eigenvalue weighted by molar-refractivity contribution is -0.116. The molecule has 3 rings (SSSR count). The normalized spacial score (nSPS) is 13.0. The van der Waals surface area contributed by atoms with Crippen LogP contribution in [0.5, 0.6) is 0 Å². The molecule has 2 heteroatoms. The van der Waals surface area contributed by atoms with E-state index in [2.05, 4.69) is 29.6 Å². The van der Waals surface area contributed by atoms with Crippen molar-refractivity contribution in [2.45, 2.75) is 38.5 Å². The first-order valence-electron chi connectivity index (χ1n) is 7.77. The van der Waals surface area contributed by atoms with Crippen LogP contribution in [0, 0.1) is 0 Å². The van der Waals surface area contributed by atoms with E-state index in [9.17, 15) is 4.79 Å². The molecule has 0 unspecified atom stereocenters. The molecule has 1 aliphatic rings. The van der Waals surface area contributed by atoms with Crippen molar-refractivity contribution < 1.29 is 4.79 Å². The van der Waals surface area contributed by atoms with Crippen LogP contribution < -0.4 is 5.32 Å². The first-order valence-corrected chi connectivity index (χ1v) is 7.77. The highest BCUT2D eigenvalue weighted by atomic mass is 16.1. The fraction of sp³-hybridized carbons (Fsp3) is 0.316. The first-order chi connectivity index (χ1) is 10.3. The number of carbonyl (C=O) groups excluding carboxylic acids is 1.